The van der Waals surface area contributed by atoms with Crippen molar-refractivity contribution in [3.63, 3.8) is 0 Å². The number of thiophene rings is 1. The van der Waals surface area contributed by atoms with Crippen molar-refractivity contribution in [2.24, 2.45) is 0 Å². The standard InChI is InChI=1S/C16H10BrNO3S/c17-15-7-6-14(22-15)13(19)10-21-16(20)8-5-11-1-3-12(9-18)4-2-11/h1-8H,10H2/b8-5+. The zero-order chi connectivity index (χ0) is 15.9. The first-order valence-corrected chi connectivity index (χ1v) is 7.83. The van der Waals surface area contributed by atoms with Crippen LogP contribution in [0.25, 0.3) is 6.08 Å². The number of nitrogens with zero attached hydrogens (tertiary/aromatic N) is 1. The molecule has 0 fully saturated rings. The number of esters is 1. The average molecular weight is 376 g/mol. The van der Waals surface area contributed by atoms with Gasteiger partial charge in [0.2, 0.25) is 5.78 Å². The predicted octanol–water partition coefficient (Wildman–Crippen LogP) is 3.82. The number of rotatable bonds is 5. The van der Waals surface area contributed by atoms with Crippen molar-refractivity contribution < 1.29 is 14.3 Å². The van der Waals surface area contributed by atoms with Gasteiger partial charge in [0.1, 0.15) is 0 Å². The van der Waals surface area contributed by atoms with Crippen LogP contribution in [0.1, 0.15) is 20.8 Å². The SMILES string of the molecule is N#Cc1ccc(/C=C/C(=O)OCC(=O)c2ccc(Br)s2)cc1. The summed E-state index contributed by atoms with van der Waals surface area (Å²) in [6.45, 7) is -0.288. The van der Waals surface area contributed by atoms with E-state index in [1.807, 2.05) is 6.07 Å². The van der Waals surface area contributed by atoms with Crippen molar-refractivity contribution in [2.45, 2.75) is 0 Å². The molecule has 0 amide bonds. The van der Waals surface area contributed by atoms with Crippen molar-refractivity contribution in [3.8, 4) is 6.07 Å². The highest BCUT2D eigenvalue weighted by atomic mass is 79.9. The summed E-state index contributed by atoms with van der Waals surface area (Å²) < 4.78 is 5.75. The van der Waals surface area contributed by atoms with Crippen LogP contribution in [-0.4, -0.2) is 18.4 Å². The normalized spacial score (nSPS) is 10.4. The first-order valence-electron chi connectivity index (χ1n) is 6.22. The van der Waals surface area contributed by atoms with E-state index in [0.29, 0.717) is 10.4 Å². The van der Waals surface area contributed by atoms with Crippen molar-refractivity contribution in [1.29, 1.82) is 5.26 Å². The Morgan fingerprint density at radius 1 is 1.23 bits per heavy atom. The lowest BCUT2D eigenvalue weighted by Crippen LogP contribution is -2.11. The molecule has 0 N–H and O–H groups in total. The summed E-state index contributed by atoms with van der Waals surface area (Å²) in [5.74, 6) is -0.829. The summed E-state index contributed by atoms with van der Waals surface area (Å²) in [4.78, 5) is 23.9. The minimum absolute atomic E-state index is 0.240. The molecule has 22 heavy (non-hydrogen) atoms. The van der Waals surface area contributed by atoms with Gasteiger partial charge in [0.05, 0.1) is 20.3 Å². The van der Waals surface area contributed by atoms with E-state index in [-0.39, 0.29) is 12.4 Å². The van der Waals surface area contributed by atoms with Crippen LogP contribution in [0.15, 0.2) is 46.3 Å². The maximum atomic E-state index is 11.8. The molecule has 0 spiro atoms. The average Bonchev–Trinajstić information content (AvgIpc) is 2.97. The first kappa shape index (κ1) is 16.1. The maximum Gasteiger partial charge on any atom is 0.331 e. The lowest BCUT2D eigenvalue weighted by atomic mass is 10.1. The van der Waals surface area contributed by atoms with E-state index in [9.17, 15) is 9.59 Å². The van der Waals surface area contributed by atoms with Crippen LogP contribution in [0.3, 0.4) is 0 Å². The Hall–Kier alpha value is -2.23. The van der Waals surface area contributed by atoms with E-state index in [1.165, 1.54) is 17.4 Å². The van der Waals surface area contributed by atoms with Gasteiger partial charge in [-0.3, -0.25) is 4.79 Å². The molecule has 0 bridgehead atoms. The topological polar surface area (TPSA) is 67.2 Å². The van der Waals surface area contributed by atoms with Gasteiger partial charge >= 0.3 is 5.97 Å². The number of benzene rings is 1. The van der Waals surface area contributed by atoms with Crippen LogP contribution in [-0.2, 0) is 9.53 Å². The summed E-state index contributed by atoms with van der Waals surface area (Å²) in [6, 6.07) is 12.2. The molecule has 1 aromatic carbocycles. The number of nitriles is 1. The van der Waals surface area contributed by atoms with Gasteiger partial charge in [-0.25, -0.2) is 4.79 Å². The fourth-order valence-corrected chi connectivity index (χ4v) is 2.86. The number of hydrogen-bond donors (Lipinski definition) is 0. The Bertz CT molecular complexity index is 756. The van der Waals surface area contributed by atoms with E-state index in [4.69, 9.17) is 10.00 Å². The number of ketones is 1. The minimum Gasteiger partial charge on any atom is -0.454 e. The third-order valence-corrected chi connectivity index (χ3v) is 4.31. The van der Waals surface area contributed by atoms with Crippen LogP contribution in [0.5, 0.6) is 0 Å². The molecule has 2 rings (SSSR count). The van der Waals surface area contributed by atoms with Crippen LogP contribution in [0, 0.1) is 11.3 Å². The number of ether oxygens (including phenoxy) is 1. The number of hydrogen-bond acceptors (Lipinski definition) is 5. The molecule has 0 saturated carbocycles. The van der Waals surface area contributed by atoms with Gasteiger partial charge in [0, 0.05) is 6.08 Å². The molecule has 0 unspecified atom stereocenters. The monoisotopic (exact) mass is 375 g/mol. The van der Waals surface area contributed by atoms with Crippen molar-refractivity contribution in [1.82, 2.24) is 0 Å². The summed E-state index contributed by atoms with van der Waals surface area (Å²) in [5, 5.41) is 8.69. The first-order chi connectivity index (χ1) is 10.6. The zero-order valence-corrected chi connectivity index (χ0v) is 13.7. The number of carbonyl (C=O) groups excluding carboxylic acids is 2. The Morgan fingerprint density at radius 2 is 1.95 bits per heavy atom. The summed E-state index contributed by atoms with van der Waals surface area (Å²) in [7, 11) is 0. The van der Waals surface area contributed by atoms with Gasteiger partial charge in [-0.05, 0) is 51.8 Å². The quantitative estimate of drug-likeness (QED) is 0.452. The second-order valence-corrected chi connectivity index (χ2v) is 6.66. The van der Waals surface area contributed by atoms with E-state index in [2.05, 4.69) is 15.9 Å². The van der Waals surface area contributed by atoms with Gasteiger partial charge in [0.25, 0.3) is 0 Å². The third kappa shape index (κ3) is 4.65. The minimum atomic E-state index is -0.590. The van der Waals surface area contributed by atoms with Gasteiger partial charge < -0.3 is 4.74 Å². The van der Waals surface area contributed by atoms with Crippen molar-refractivity contribution in [2.75, 3.05) is 6.61 Å². The van der Waals surface area contributed by atoms with Crippen LogP contribution in [0.4, 0.5) is 0 Å². The molecule has 0 saturated heterocycles. The van der Waals surface area contributed by atoms with Crippen LogP contribution in [0.2, 0.25) is 0 Å². The van der Waals surface area contributed by atoms with Gasteiger partial charge in [-0.15, -0.1) is 11.3 Å². The Morgan fingerprint density at radius 3 is 2.55 bits per heavy atom. The molecule has 0 aliphatic rings. The summed E-state index contributed by atoms with van der Waals surface area (Å²) >= 11 is 4.56. The molecule has 6 heteroatoms. The summed E-state index contributed by atoms with van der Waals surface area (Å²) in [5.41, 5.74) is 1.32. The largest absolute Gasteiger partial charge is 0.454 e. The van der Waals surface area contributed by atoms with E-state index >= 15 is 0 Å². The van der Waals surface area contributed by atoms with Gasteiger partial charge in [-0.2, -0.15) is 5.26 Å². The molecule has 2 aromatic rings. The summed E-state index contributed by atoms with van der Waals surface area (Å²) in [6.07, 6.45) is 2.81. The molecule has 0 aliphatic heterocycles. The fourth-order valence-electron chi connectivity index (χ4n) is 1.55. The second-order valence-electron chi connectivity index (χ2n) is 4.20. The number of Topliss-reactive ketones (excluding diaryl/α,β-unsaturated/α-hetero) is 1. The van der Waals surface area contributed by atoms with Crippen molar-refractivity contribution in [3.05, 3.63) is 62.3 Å². The van der Waals surface area contributed by atoms with Gasteiger partial charge in [0.15, 0.2) is 6.61 Å². The molecular weight excluding hydrogens is 366 g/mol. The highest BCUT2D eigenvalue weighted by Gasteiger charge is 2.10. The predicted molar refractivity (Wildman–Crippen MR) is 87.5 cm³/mol. The molecule has 4 nitrogen and oxygen atoms in total. The van der Waals surface area contributed by atoms with E-state index in [0.717, 1.165) is 9.35 Å². The lowest BCUT2D eigenvalue weighted by Gasteiger charge is -1.99. The van der Waals surface area contributed by atoms with Crippen LogP contribution >= 0.6 is 27.3 Å². The Kier molecular flexibility index (Phi) is 5.64. The second kappa shape index (κ2) is 7.69. The highest BCUT2D eigenvalue weighted by Crippen LogP contribution is 2.22. The van der Waals surface area contributed by atoms with Crippen LogP contribution < -0.4 is 0 Å². The lowest BCUT2D eigenvalue weighted by molar-refractivity contribution is -0.136. The third-order valence-electron chi connectivity index (χ3n) is 2.65. The molecule has 110 valence electrons. The molecule has 0 atom stereocenters. The molecular formula is C16H10BrNO3S. The molecule has 1 aromatic heterocycles. The van der Waals surface area contributed by atoms with E-state index < -0.39 is 5.97 Å². The molecule has 1 heterocycles. The van der Waals surface area contributed by atoms with Crippen molar-refractivity contribution >= 4 is 45.1 Å². The Balaban J connectivity index is 1.86. The molecule has 0 aliphatic carbocycles. The Labute approximate surface area is 139 Å². The number of carbonyl (C=O) groups is 2. The van der Waals surface area contributed by atoms with Gasteiger partial charge in [-0.1, -0.05) is 12.1 Å². The fraction of sp³-hybridized carbons (Fsp3) is 0.0625. The number of halogens is 1. The van der Waals surface area contributed by atoms with E-state index in [1.54, 1.807) is 42.5 Å². The maximum absolute atomic E-state index is 11.8. The molecule has 0 radical (unpaired) electrons. The zero-order valence-electron chi connectivity index (χ0n) is 11.3. The highest BCUT2D eigenvalue weighted by molar-refractivity contribution is 9.11. The smallest absolute Gasteiger partial charge is 0.331 e.